The molecule has 2 amide bonds. The fourth-order valence-electron chi connectivity index (χ4n) is 4.06. The third kappa shape index (κ3) is 5.64. The monoisotopic (exact) mass is 538 g/mol. The van der Waals surface area contributed by atoms with Gasteiger partial charge in [0, 0.05) is 10.8 Å². The molecule has 12 nitrogen and oxygen atoms in total. The summed E-state index contributed by atoms with van der Waals surface area (Å²) in [7, 11) is 0. The summed E-state index contributed by atoms with van der Waals surface area (Å²) in [5, 5.41) is 44.4. The number of hydrogen-bond donors (Lipinski definition) is 6. The fourth-order valence-corrected chi connectivity index (χ4v) is 4.06. The highest BCUT2D eigenvalue weighted by Gasteiger charge is 2.25. The molecule has 0 spiro atoms. The van der Waals surface area contributed by atoms with Gasteiger partial charge >= 0.3 is 11.3 Å². The van der Waals surface area contributed by atoms with Crippen LogP contribution in [0.25, 0.3) is 21.9 Å². The Morgan fingerprint density at radius 1 is 0.821 bits per heavy atom. The smallest absolute Gasteiger partial charge is 0.360 e. The Kier molecular flexibility index (Phi) is 7.75. The molecule has 2 heterocycles. The number of carbonyl (C=O) groups is 2. The maximum Gasteiger partial charge on any atom is 0.360 e. The van der Waals surface area contributed by atoms with E-state index in [-0.39, 0.29) is 34.0 Å². The average molecular weight is 539 g/mol. The lowest BCUT2D eigenvalue weighted by molar-refractivity contribution is -0.118. The van der Waals surface area contributed by atoms with Crippen LogP contribution in [0.4, 0.5) is 5.69 Å². The summed E-state index contributed by atoms with van der Waals surface area (Å²) in [6, 6.07) is 6.35. The molecule has 6 N–H and O–H groups in total. The van der Waals surface area contributed by atoms with E-state index in [0.29, 0.717) is 6.42 Å². The number of benzene rings is 2. The summed E-state index contributed by atoms with van der Waals surface area (Å²) in [4.78, 5) is 51.2. The SMILES string of the molecule is CCCCCCC(NC(=O)c1cc2ccc(O)c(O)c2oc1=O)C(=O)Nc1cc2ccc(O)c(O)c2oc1=O. The van der Waals surface area contributed by atoms with Crippen molar-refractivity contribution in [3.63, 3.8) is 0 Å². The van der Waals surface area contributed by atoms with E-state index in [9.17, 15) is 39.6 Å². The van der Waals surface area contributed by atoms with Gasteiger partial charge in [0.05, 0.1) is 0 Å². The Labute approximate surface area is 220 Å². The molecule has 0 radical (unpaired) electrons. The van der Waals surface area contributed by atoms with E-state index in [0.717, 1.165) is 19.3 Å². The Bertz CT molecular complexity index is 1690. The van der Waals surface area contributed by atoms with Gasteiger partial charge in [-0.1, -0.05) is 32.6 Å². The van der Waals surface area contributed by atoms with Gasteiger partial charge in [-0.25, -0.2) is 9.59 Å². The van der Waals surface area contributed by atoms with Crippen LogP contribution >= 0.6 is 0 Å². The zero-order valence-corrected chi connectivity index (χ0v) is 20.8. The molecule has 0 saturated carbocycles. The Balaban J connectivity index is 1.61. The molecule has 0 bridgehead atoms. The fraction of sp³-hybridized carbons (Fsp3) is 0.259. The van der Waals surface area contributed by atoms with Crippen molar-refractivity contribution >= 4 is 39.4 Å². The number of fused-ring (bicyclic) bond motifs is 2. The predicted octanol–water partition coefficient (Wildman–Crippen LogP) is 3.43. The lowest BCUT2D eigenvalue weighted by Crippen LogP contribution is -2.45. The van der Waals surface area contributed by atoms with E-state index in [1.54, 1.807) is 0 Å². The zero-order chi connectivity index (χ0) is 28.3. The highest BCUT2D eigenvalue weighted by Crippen LogP contribution is 2.34. The van der Waals surface area contributed by atoms with E-state index in [4.69, 9.17) is 8.83 Å². The minimum atomic E-state index is -1.15. The molecule has 4 aromatic rings. The molecule has 2 aromatic carbocycles. The number of unbranched alkanes of at least 4 members (excludes halogenated alkanes) is 3. The minimum Gasteiger partial charge on any atom is -0.504 e. The predicted molar refractivity (Wildman–Crippen MR) is 140 cm³/mol. The van der Waals surface area contributed by atoms with Crippen LogP contribution in [0.3, 0.4) is 0 Å². The van der Waals surface area contributed by atoms with Gasteiger partial charge in [-0.05, 0) is 42.8 Å². The van der Waals surface area contributed by atoms with Crippen molar-refractivity contribution < 1.29 is 38.8 Å². The summed E-state index contributed by atoms with van der Waals surface area (Å²) in [6.07, 6.45) is 3.36. The zero-order valence-electron chi connectivity index (χ0n) is 20.8. The second-order valence-corrected chi connectivity index (χ2v) is 8.96. The van der Waals surface area contributed by atoms with E-state index in [1.165, 1.54) is 36.4 Å². The van der Waals surface area contributed by atoms with Crippen molar-refractivity contribution in [1.29, 1.82) is 0 Å². The highest BCUT2D eigenvalue weighted by atomic mass is 16.4. The van der Waals surface area contributed by atoms with Gasteiger partial charge in [0.15, 0.2) is 22.7 Å². The lowest BCUT2D eigenvalue weighted by Gasteiger charge is -2.18. The maximum absolute atomic E-state index is 13.2. The topological polar surface area (TPSA) is 200 Å². The van der Waals surface area contributed by atoms with Crippen molar-refractivity contribution in [2.24, 2.45) is 0 Å². The summed E-state index contributed by atoms with van der Waals surface area (Å²) < 4.78 is 10.1. The highest BCUT2D eigenvalue weighted by molar-refractivity contribution is 6.03. The number of aromatic hydroxyl groups is 4. The number of carbonyl (C=O) groups excluding carboxylic acids is 2. The number of anilines is 1. The number of phenolic OH excluding ortho intramolecular Hbond substituents is 4. The average Bonchev–Trinajstić information content (AvgIpc) is 2.91. The molecule has 2 aromatic heterocycles. The quantitative estimate of drug-likeness (QED) is 0.104. The maximum atomic E-state index is 13.2. The first-order chi connectivity index (χ1) is 18.6. The van der Waals surface area contributed by atoms with E-state index < -0.39 is 57.7 Å². The summed E-state index contributed by atoms with van der Waals surface area (Å²) in [5.74, 6) is -3.93. The van der Waals surface area contributed by atoms with Gasteiger partial charge in [-0.3, -0.25) is 9.59 Å². The molecule has 0 aliphatic rings. The molecule has 4 rings (SSSR count). The van der Waals surface area contributed by atoms with Crippen molar-refractivity contribution in [1.82, 2.24) is 5.32 Å². The Morgan fingerprint density at radius 2 is 1.41 bits per heavy atom. The molecule has 12 heteroatoms. The van der Waals surface area contributed by atoms with Crippen molar-refractivity contribution in [3.8, 4) is 23.0 Å². The second-order valence-electron chi connectivity index (χ2n) is 8.96. The van der Waals surface area contributed by atoms with Crippen LogP contribution < -0.4 is 21.9 Å². The molecule has 0 fully saturated rings. The van der Waals surface area contributed by atoms with Gasteiger partial charge in [0.1, 0.15) is 17.3 Å². The van der Waals surface area contributed by atoms with E-state index in [1.807, 2.05) is 6.92 Å². The third-order valence-corrected chi connectivity index (χ3v) is 6.18. The molecule has 0 aliphatic heterocycles. The first-order valence-corrected chi connectivity index (χ1v) is 12.2. The standard InChI is InChI=1S/C27H26N2O10/c1-2-3-4-5-6-16(25(35)29-17-12-14-8-10-19(31)21(33)23(14)39-27(17)37)28-24(34)15-11-13-7-9-18(30)20(32)22(13)38-26(15)36/h7-12,16,30-33H,2-6H2,1H3,(H,28,34)(H,29,35). The molecule has 39 heavy (non-hydrogen) atoms. The molecule has 204 valence electrons. The third-order valence-electron chi connectivity index (χ3n) is 6.18. The van der Waals surface area contributed by atoms with E-state index >= 15 is 0 Å². The first kappa shape index (κ1) is 27.0. The summed E-state index contributed by atoms with van der Waals surface area (Å²) >= 11 is 0. The number of nitrogens with one attached hydrogen (secondary N) is 2. The van der Waals surface area contributed by atoms with E-state index in [2.05, 4.69) is 10.6 Å². The second kappa shape index (κ2) is 11.2. The van der Waals surface area contributed by atoms with Gasteiger partial charge in [-0.15, -0.1) is 0 Å². The van der Waals surface area contributed by atoms with Crippen molar-refractivity contribution in [2.45, 2.75) is 45.1 Å². The van der Waals surface area contributed by atoms with Crippen LogP contribution in [0.2, 0.25) is 0 Å². The van der Waals surface area contributed by atoms with Crippen LogP contribution in [-0.2, 0) is 4.79 Å². The summed E-state index contributed by atoms with van der Waals surface area (Å²) in [6.45, 7) is 2.01. The van der Waals surface area contributed by atoms with Crippen molar-refractivity contribution in [3.05, 3.63) is 62.8 Å². The van der Waals surface area contributed by atoms with Gasteiger partial charge in [-0.2, -0.15) is 0 Å². The molecule has 1 unspecified atom stereocenters. The minimum absolute atomic E-state index is 0.169. The summed E-state index contributed by atoms with van der Waals surface area (Å²) in [5.41, 5.74) is -3.33. The Hall–Kier alpha value is -5.00. The van der Waals surface area contributed by atoms with Crippen LogP contribution in [0, 0.1) is 0 Å². The number of phenols is 4. The molecule has 0 saturated heterocycles. The van der Waals surface area contributed by atoms with Crippen LogP contribution in [-0.4, -0.2) is 38.3 Å². The Morgan fingerprint density at radius 3 is 2.03 bits per heavy atom. The van der Waals surface area contributed by atoms with Crippen LogP contribution in [0.15, 0.2) is 54.8 Å². The molecule has 1 atom stereocenters. The normalized spacial score (nSPS) is 11.9. The number of amides is 2. The lowest BCUT2D eigenvalue weighted by atomic mass is 10.1. The van der Waals surface area contributed by atoms with Gasteiger partial charge < -0.3 is 39.9 Å². The van der Waals surface area contributed by atoms with Gasteiger partial charge in [0.25, 0.3) is 5.91 Å². The number of hydrogen-bond acceptors (Lipinski definition) is 10. The van der Waals surface area contributed by atoms with Crippen molar-refractivity contribution in [2.75, 3.05) is 5.32 Å². The molecule has 0 aliphatic carbocycles. The van der Waals surface area contributed by atoms with Crippen LogP contribution in [0.1, 0.15) is 49.4 Å². The largest absolute Gasteiger partial charge is 0.504 e. The number of rotatable bonds is 9. The van der Waals surface area contributed by atoms with Crippen LogP contribution in [0.5, 0.6) is 23.0 Å². The first-order valence-electron chi connectivity index (χ1n) is 12.2. The van der Waals surface area contributed by atoms with Gasteiger partial charge in [0.2, 0.25) is 17.4 Å². The molecular formula is C27H26N2O10. The molecular weight excluding hydrogens is 512 g/mol.